The summed E-state index contributed by atoms with van der Waals surface area (Å²) >= 11 is 0. The Morgan fingerprint density at radius 3 is 2.65 bits per heavy atom. The molecule has 3 rings (SSSR count). The summed E-state index contributed by atoms with van der Waals surface area (Å²) in [5, 5.41) is 8.82. The molecule has 1 saturated heterocycles. The van der Waals surface area contributed by atoms with Crippen LogP contribution < -0.4 is 0 Å². The first kappa shape index (κ1) is 18.7. The molecular weight excluding hydrogens is 328 g/mol. The molecule has 1 fully saturated rings. The van der Waals surface area contributed by atoms with E-state index in [4.69, 9.17) is 9.62 Å². The van der Waals surface area contributed by atoms with E-state index in [1.54, 1.807) is 0 Å². The highest BCUT2D eigenvalue weighted by Gasteiger charge is 2.34. The maximum absolute atomic E-state index is 13.0. The SMILES string of the molecule is Cc1noc(-c2cn(C)nc2[C@H]2CCCCN2C(=O)CC(C)(C)C)c1C. The second-order valence-electron chi connectivity index (χ2n) is 8.66. The number of amides is 1. The van der Waals surface area contributed by atoms with Crippen molar-refractivity contribution in [3.63, 3.8) is 0 Å². The molecule has 6 heteroatoms. The van der Waals surface area contributed by atoms with Crippen LogP contribution in [0, 0.1) is 19.3 Å². The van der Waals surface area contributed by atoms with Crippen molar-refractivity contribution in [3.05, 3.63) is 23.1 Å². The van der Waals surface area contributed by atoms with Crippen molar-refractivity contribution in [2.45, 2.75) is 66.3 Å². The van der Waals surface area contributed by atoms with Gasteiger partial charge in [-0.2, -0.15) is 5.10 Å². The Bertz CT molecular complexity index is 797. The minimum atomic E-state index is -0.0232. The lowest BCUT2D eigenvalue weighted by molar-refractivity contribution is -0.137. The zero-order chi connectivity index (χ0) is 19.1. The Kier molecular flexibility index (Phi) is 4.95. The summed E-state index contributed by atoms with van der Waals surface area (Å²) in [5.74, 6) is 0.976. The van der Waals surface area contributed by atoms with E-state index >= 15 is 0 Å². The number of piperidine rings is 1. The van der Waals surface area contributed by atoms with Crippen molar-refractivity contribution in [3.8, 4) is 11.3 Å². The standard InChI is InChI=1S/C20H30N4O2/c1-13-14(2)22-26-19(13)15-12-23(6)21-18(15)16-9-7-8-10-24(16)17(25)11-20(3,4)5/h12,16H,7-11H2,1-6H3/t16-/m1/s1. The first-order chi connectivity index (χ1) is 12.2. The van der Waals surface area contributed by atoms with Crippen LogP contribution in [0.25, 0.3) is 11.3 Å². The highest BCUT2D eigenvalue weighted by atomic mass is 16.5. The predicted octanol–water partition coefficient (Wildman–Crippen LogP) is 4.18. The maximum Gasteiger partial charge on any atom is 0.223 e. The number of aryl methyl sites for hydroxylation is 2. The Morgan fingerprint density at radius 1 is 1.31 bits per heavy atom. The van der Waals surface area contributed by atoms with E-state index in [1.807, 2.05) is 36.7 Å². The average molecular weight is 358 g/mol. The maximum atomic E-state index is 13.0. The van der Waals surface area contributed by atoms with Gasteiger partial charge in [0, 0.05) is 31.8 Å². The van der Waals surface area contributed by atoms with Gasteiger partial charge in [0.15, 0.2) is 5.76 Å². The molecule has 0 saturated carbocycles. The molecule has 0 spiro atoms. The lowest BCUT2D eigenvalue weighted by Crippen LogP contribution is -2.40. The number of likely N-dealkylation sites (tertiary alicyclic amines) is 1. The summed E-state index contributed by atoms with van der Waals surface area (Å²) in [6, 6.07) is -0.000365. The Balaban J connectivity index is 1.98. The molecule has 6 nitrogen and oxygen atoms in total. The number of aromatic nitrogens is 3. The van der Waals surface area contributed by atoms with Crippen LogP contribution in [0.15, 0.2) is 10.7 Å². The van der Waals surface area contributed by atoms with E-state index in [0.29, 0.717) is 6.42 Å². The number of hydrogen-bond donors (Lipinski definition) is 0. The van der Waals surface area contributed by atoms with Gasteiger partial charge in [-0.05, 0) is 38.5 Å². The van der Waals surface area contributed by atoms with Gasteiger partial charge in [0.05, 0.1) is 23.0 Å². The van der Waals surface area contributed by atoms with Gasteiger partial charge in [0.1, 0.15) is 0 Å². The molecule has 1 aliphatic rings. The molecular formula is C20H30N4O2. The number of carbonyl (C=O) groups excluding carboxylic acids is 1. The monoisotopic (exact) mass is 358 g/mol. The molecule has 2 aromatic heterocycles. The second-order valence-corrected chi connectivity index (χ2v) is 8.66. The fraction of sp³-hybridized carbons (Fsp3) is 0.650. The van der Waals surface area contributed by atoms with Crippen LogP contribution in [0.4, 0.5) is 0 Å². The summed E-state index contributed by atoms with van der Waals surface area (Å²) < 4.78 is 7.40. The molecule has 142 valence electrons. The van der Waals surface area contributed by atoms with Gasteiger partial charge in [0.25, 0.3) is 0 Å². The molecule has 1 aliphatic heterocycles. The van der Waals surface area contributed by atoms with E-state index in [9.17, 15) is 4.79 Å². The van der Waals surface area contributed by atoms with Crippen LogP contribution in [0.3, 0.4) is 0 Å². The van der Waals surface area contributed by atoms with Crippen molar-refractivity contribution >= 4 is 5.91 Å². The first-order valence-corrected chi connectivity index (χ1v) is 9.43. The highest BCUT2D eigenvalue weighted by molar-refractivity contribution is 5.78. The largest absolute Gasteiger partial charge is 0.356 e. The molecule has 2 aromatic rings. The number of hydrogen-bond acceptors (Lipinski definition) is 4. The smallest absolute Gasteiger partial charge is 0.223 e. The van der Waals surface area contributed by atoms with E-state index in [-0.39, 0.29) is 17.4 Å². The lowest BCUT2D eigenvalue weighted by Gasteiger charge is -2.36. The van der Waals surface area contributed by atoms with Crippen molar-refractivity contribution in [2.75, 3.05) is 6.54 Å². The van der Waals surface area contributed by atoms with Crippen LogP contribution in [0.2, 0.25) is 0 Å². The van der Waals surface area contributed by atoms with Crippen LogP contribution in [-0.4, -0.2) is 32.3 Å². The van der Waals surface area contributed by atoms with Crippen LogP contribution in [0.1, 0.15) is 69.4 Å². The third-order valence-corrected chi connectivity index (χ3v) is 5.08. The Morgan fingerprint density at radius 2 is 2.04 bits per heavy atom. The number of rotatable bonds is 3. The van der Waals surface area contributed by atoms with Crippen molar-refractivity contribution in [1.29, 1.82) is 0 Å². The topological polar surface area (TPSA) is 64.2 Å². The van der Waals surface area contributed by atoms with E-state index in [2.05, 4.69) is 25.9 Å². The van der Waals surface area contributed by atoms with E-state index in [1.165, 1.54) is 0 Å². The molecule has 26 heavy (non-hydrogen) atoms. The lowest BCUT2D eigenvalue weighted by atomic mass is 9.89. The molecule has 0 unspecified atom stereocenters. The van der Waals surface area contributed by atoms with Crippen molar-refractivity contribution < 1.29 is 9.32 Å². The zero-order valence-corrected chi connectivity index (χ0v) is 16.8. The van der Waals surface area contributed by atoms with E-state index in [0.717, 1.165) is 54.1 Å². The molecule has 0 N–H and O–H groups in total. The Labute approximate surface area is 155 Å². The van der Waals surface area contributed by atoms with E-state index < -0.39 is 0 Å². The molecule has 1 atom stereocenters. The molecule has 0 aliphatic carbocycles. The fourth-order valence-electron chi connectivity index (χ4n) is 3.66. The Hall–Kier alpha value is -2.11. The summed E-state index contributed by atoms with van der Waals surface area (Å²) in [4.78, 5) is 15.0. The summed E-state index contributed by atoms with van der Waals surface area (Å²) in [7, 11) is 1.91. The van der Waals surface area contributed by atoms with Gasteiger partial charge < -0.3 is 9.42 Å². The minimum Gasteiger partial charge on any atom is -0.356 e. The molecule has 0 bridgehead atoms. The normalized spacial score (nSPS) is 18.4. The third-order valence-electron chi connectivity index (χ3n) is 5.08. The van der Waals surface area contributed by atoms with Gasteiger partial charge in [-0.3, -0.25) is 9.48 Å². The van der Waals surface area contributed by atoms with Gasteiger partial charge in [0.2, 0.25) is 5.91 Å². The molecule has 0 radical (unpaired) electrons. The number of nitrogens with zero attached hydrogens (tertiary/aromatic N) is 4. The minimum absolute atomic E-state index is 0.000365. The van der Waals surface area contributed by atoms with Gasteiger partial charge in [-0.25, -0.2) is 0 Å². The summed E-state index contributed by atoms with van der Waals surface area (Å²) in [5.41, 5.74) is 3.77. The third kappa shape index (κ3) is 3.69. The molecule has 0 aromatic carbocycles. The van der Waals surface area contributed by atoms with Gasteiger partial charge in [-0.15, -0.1) is 0 Å². The second kappa shape index (κ2) is 6.89. The highest BCUT2D eigenvalue weighted by Crippen LogP contribution is 2.38. The predicted molar refractivity (Wildman–Crippen MR) is 101 cm³/mol. The molecule has 3 heterocycles. The van der Waals surface area contributed by atoms with Crippen molar-refractivity contribution in [2.24, 2.45) is 12.5 Å². The van der Waals surface area contributed by atoms with Crippen LogP contribution in [0.5, 0.6) is 0 Å². The fourth-order valence-corrected chi connectivity index (χ4v) is 3.66. The summed E-state index contributed by atoms with van der Waals surface area (Å²) in [6.07, 6.45) is 5.62. The van der Waals surface area contributed by atoms with Crippen LogP contribution in [-0.2, 0) is 11.8 Å². The van der Waals surface area contributed by atoms with Gasteiger partial charge in [-0.1, -0.05) is 25.9 Å². The first-order valence-electron chi connectivity index (χ1n) is 9.43. The van der Waals surface area contributed by atoms with Crippen molar-refractivity contribution in [1.82, 2.24) is 19.8 Å². The number of carbonyl (C=O) groups is 1. The summed E-state index contributed by atoms with van der Waals surface area (Å²) in [6.45, 7) is 11.1. The quantitative estimate of drug-likeness (QED) is 0.825. The zero-order valence-electron chi connectivity index (χ0n) is 16.8. The molecule has 1 amide bonds. The van der Waals surface area contributed by atoms with Crippen LogP contribution >= 0.6 is 0 Å². The van der Waals surface area contributed by atoms with Gasteiger partial charge >= 0.3 is 0 Å². The average Bonchev–Trinajstić information content (AvgIpc) is 3.09.